The molecule has 1 saturated heterocycles. The highest BCUT2D eigenvalue weighted by molar-refractivity contribution is 8.03. The predicted octanol–water partition coefficient (Wildman–Crippen LogP) is 3.26. The van der Waals surface area contributed by atoms with E-state index in [4.69, 9.17) is 4.33 Å². The number of hydrogen-bond acceptors (Lipinski definition) is 6. The molecule has 2 aliphatic heterocycles. The standard InChI is InChI=1S/C30H39N3O3S3.BrH/c1-7-23(19-28-31(14-8-15-32(4,5)6)24-17-21(2)9-11-26(24)37-28)20-30-33(16-13-29(33)39-36-35-34)25-18-22(3)10-12-27(25)38-30;/h9-12,17-20,29H,7-8,13-16H2,1-6H3;1H/q+2;/p-1. The Hall–Kier alpha value is -1.21. The van der Waals surface area contributed by atoms with Crippen molar-refractivity contribution in [3.63, 3.8) is 0 Å². The van der Waals surface area contributed by atoms with Crippen LogP contribution >= 0.6 is 35.1 Å². The fourth-order valence-electron chi connectivity index (χ4n) is 5.50. The minimum atomic E-state index is 0. The van der Waals surface area contributed by atoms with E-state index < -0.39 is 0 Å². The first kappa shape index (κ1) is 31.7. The van der Waals surface area contributed by atoms with Gasteiger partial charge >= 0.3 is 0 Å². The van der Waals surface area contributed by atoms with E-state index in [0.717, 1.165) is 55.4 Å². The van der Waals surface area contributed by atoms with Gasteiger partial charge in [-0.2, -0.15) is 8.90 Å². The number of aromatic nitrogens is 1. The number of rotatable bonds is 10. The smallest absolute Gasteiger partial charge is 0.263 e. The average molecular weight is 666 g/mol. The van der Waals surface area contributed by atoms with Crippen molar-refractivity contribution in [2.45, 2.75) is 56.8 Å². The Labute approximate surface area is 261 Å². The summed E-state index contributed by atoms with van der Waals surface area (Å²) in [5.74, 6) is 0. The van der Waals surface area contributed by atoms with E-state index in [0.29, 0.717) is 4.48 Å². The lowest BCUT2D eigenvalue weighted by atomic mass is 10.0. The van der Waals surface area contributed by atoms with Gasteiger partial charge in [0.05, 0.1) is 64.0 Å². The molecular weight excluding hydrogens is 626 g/mol. The van der Waals surface area contributed by atoms with Gasteiger partial charge in [0, 0.05) is 24.3 Å². The summed E-state index contributed by atoms with van der Waals surface area (Å²) in [7, 11) is 6.78. The molecule has 216 valence electrons. The minimum absolute atomic E-state index is 0. The van der Waals surface area contributed by atoms with Crippen LogP contribution in [0.15, 0.2) is 58.0 Å². The van der Waals surface area contributed by atoms with Crippen molar-refractivity contribution in [3.8, 4) is 0 Å². The summed E-state index contributed by atoms with van der Waals surface area (Å²) in [5, 5.41) is 17.1. The molecular formula is C30H39BrN3O3S3+. The molecule has 2 aromatic carbocycles. The summed E-state index contributed by atoms with van der Waals surface area (Å²) in [6.07, 6.45) is 7.80. The Kier molecular flexibility index (Phi) is 10.3. The number of hydrogen-bond donors (Lipinski definition) is 0. The SMILES string of the molecule is CCC(=Cc1sc2ccc(C)cc2[n+]1CCC[N+](C)(C)C)C=C1Sc2ccc(C)cc2[N+]12CCC2SOO[O-].[Br-]. The summed E-state index contributed by atoms with van der Waals surface area (Å²) in [6, 6.07) is 13.5. The average Bonchev–Trinajstić information content (AvgIpc) is 3.37. The molecule has 3 heterocycles. The van der Waals surface area contributed by atoms with Crippen molar-refractivity contribution in [3.05, 3.63) is 69.2 Å². The number of thiazole rings is 1. The second kappa shape index (κ2) is 13.0. The van der Waals surface area contributed by atoms with Crippen LogP contribution < -0.4 is 31.3 Å². The number of nitrogens with zero attached hydrogens (tertiary/aromatic N) is 3. The van der Waals surface area contributed by atoms with Gasteiger partial charge in [-0.25, -0.2) is 4.48 Å². The normalized spacial score (nSPS) is 21.6. The van der Waals surface area contributed by atoms with E-state index in [1.54, 1.807) is 0 Å². The van der Waals surface area contributed by atoms with Crippen molar-refractivity contribution in [1.29, 1.82) is 0 Å². The van der Waals surface area contributed by atoms with Gasteiger partial charge in [-0.15, -0.1) is 0 Å². The van der Waals surface area contributed by atoms with Crippen molar-refractivity contribution in [2.24, 2.45) is 0 Å². The molecule has 0 N–H and O–H groups in total. The van der Waals surface area contributed by atoms with Crippen LogP contribution in [0.1, 0.15) is 42.3 Å². The fourth-order valence-corrected chi connectivity index (χ4v) is 8.90. The topological polar surface area (TPSA) is 45.4 Å². The molecule has 1 spiro atoms. The van der Waals surface area contributed by atoms with Crippen LogP contribution in [0.4, 0.5) is 5.69 Å². The third kappa shape index (κ3) is 6.40. The molecule has 6 nitrogen and oxygen atoms in total. The van der Waals surface area contributed by atoms with Crippen LogP contribution in [0.5, 0.6) is 0 Å². The maximum absolute atomic E-state index is 10.7. The molecule has 5 rings (SSSR count). The van der Waals surface area contributed by atoms with Crippen LogP contribution in [0.3, 0.4) is 0 Å². The van der Waals surface area contributed by atoms with Gasteiger partial charge in [0.25, 0.3) is 5.01 Å². The van der Waals surface area contributed by atoms with Crippen molar-refractivity contribution < 1.29 is 40.7 Å². The largest absolute Gasteiger partial charge is 1.00 e. The van der Waals surface area contributed by atoms with E-state index in [-0.39, 0.29) is 22.4 Å². The van der Waals surface area contributed by atoms with E-state index in [9.17, 15) is 5.26 Å². The summed E-state index contributed by atoms with van der Waals surface area (Å²) < 4.78 is 10.4. The van der Waals surface area contributed by atoms with Crippen LogP contribution in [0.2, 0.25) is 0 Å². The van der Waals surface area contributed by atoms with E-state index >= 15 is 0 Å². The zero-order chi connectivity index (χ0) is 27.8. The molecule has 0 bridgehead atoms. The molecule has 2 unspecified atom stereocenters. The molecule has 2 atom stereocenters. The number of fused-ring (bicyclic) bond motifs is 3. The summed E-state index contributed by atoms with van der Waals surface area (Å²) in [6.45, 7) is 9.67. The van der Waals surface area contributed by atoms with E-state index in [1.165, 1.54) is 47.5 Å². The van der Waals surface area contributed by atoms with Crippen LogP contribution in [-0.2, 0) is 15.9 Å². The number of quaternary nitrogens is 2. The number of allylic oxidation sites excluding steroid dienone is 2. The summed E-state index contributed by atoms with van der Waals surface area (Å²) >= 11 is 4.87. The van der Waals surface area contributed by atoms with Gasteiger partial charge in [0.2, 0.25) is 5.52 Å². The van der Waals surface area contributed by atoms with Crippen molar-refractivity contribution in [2.75, 3.05) is 34.2 Å². The molecule has 40 heavy (non-hydrogen) atoms. The maximum Gasteiger partial charge on any atom is 0.263 e. The number of aryl methyl sites for hydroxylation is 3. The highest BCUT2D eigenvalue weighted by Gasteiger charge is 2.57. The quantitative estimate of drug-likeness (QED) is 0.110. The minimum Gasteiger partial charge on any atom is -1.00 e. The lowest BCUT2D eigenvalue weighted by Crippen LogP contribution is -3.00. The zero-order valence-electron chi connectivity index (χ0n) is 24.1. The lowest BCUT2D eigenvalue weighted by molar-refractivity contribution is -0.873. The molecule has 0 aliphatic carbocycles. The highest BCUT2D eigenvalue weighted by Crippen LogP contribution is 2.59. The molecule has 0 radical (unpaired) electrons. The fraction of sp³-hybridized carbons (Fsp3) is 0.433. The molecule has 3 aromatic rings. The molecule has 10 heteroatoms. The maximum atomic E-state index is 10.7. The van der Waals surface area contributed by atoms with Crippen LogP contribution in [0.25, 0.3) is 16.3 Å². The molecule has 1 fully saturated rings. The first-order chi connectivity index (χ1) is 18.6. The second-order valence-corrected chi connectivity index (χ2v) is 14.6. The second-order valence-electron chi connectivity index (χ2n) is 11.6. The van der Waals surface area contributed by atoms with Crippen molar-refractivity contribution >= 4 is 57.1 Å². The van der Waals surface area contributed by atoms with Gasteiger partial charge in [0.1, 0.15) is 4.70 Å². The van der Waals surface area contributed by atoms with E-state index in [1.807, 2.05) is 23.1 Å². The number of halogens is 1. The molecule has 0 saturated carbocycles. The number of thioether (sulfide) groups is 1. The third-order valence-electron chi connectivity index (χ3n) is 7.67. The third-order valence-corrected chi connectivity index (χ3v) is 11.0. The summed E-state index contributed by atoms with van der Waals surface area (Å²) in [5.41, 5.74) is 6.46. The Morgan fingerprint density at radius 2 is 1.93 bits per heavy atom. The molecule has 2 aliphatic rings. The Morgan fingerprint density at radius 3 is 2.60 bits per heavy atom. The van der Waals surface area contributed by atoms with Crippen LogP contribution in [0, 0.1) is 13.8 Å². The van der Waals surface area contributed by atoms with Gasteiger partial charge in [-0.3, -0.25) is 5.04 Å². The zero-order valence-corrected chi connectivity index (χ0v) is 28.1. The first-order valence-corrected chi connectivity index (χ1v) is 16.0. The summed E-state index contributed by atoms with van der Waals surface area (Å²) in [4.78, 5) is 1.28. The predicted molar refractivity (Wildman–Crippen MR) is 162 cm³/mol. The lowest BCUT2D eigenvalue weighted by Gasteiger charge is -2.48. The molecule has 0 amide bonds. The van der Waals surface area contributed by atoms with Gasteiger partial charge < -0.3 is 26.7 Å². The highest BCUT2D eigenvalue weighted by atomic mass is 79.9. The van der Waals surface area contributed by atoms with Gasteiger partial charge in [0.15, 0.2) is 22.6 Å². The number of benzene rings is 2. The van der Waals surface area contributed by atoms with Gasteiger partial charge in [-0.05, 0) is 60.9 Å². The Balaban J connectivity index is 0.00000370. The monoisotopic (exact) mass is 664 g/mol. The van der Waals surface area contributed by atoms with Crippen LogP contribution in [-0.4, -0.2) is 44.1 Å². The Bertz CT molecular complexity index is 1430. The molecule has 1 aromatic heterocycles. The van der Waals surface area contributed by atoms with Gasteiger partial charge in [-0.1, -0.05) is 30.4 Å². The first-order valence-electron chi connectivity index (χ1n) is 13.6. The van der Waals surface area contributed by atoms with E-state index in [2.05, 4.69) is 100 Å². The Morgan fingerprint density at radius 1 is 1.18 bits per heavy atom. The van der Waals surface area contributed by atoms with Crippen molar-refractivity contribution in [1.82, 2.24) is 4.48 Å².